The smallest absolute Gasteiger partial charge is 0.243 e. The number of amides is 1. The molecule has 1 aromatic heterocycles. The lowest BCUT2D eigenvalue weighted by atomic mass is 10.2. The van der Waals surface area contributed by atoms with Gasteiger partial charge >= 0.3 is 0 Å². The molecule has 1 unspecified atom stereocenters. The third-order valence-corrected chi connectivity index (χ3v) is 10.1. The predicted molar refractivity (Wildman–Crippen MR) is 160 cm³/mol. The van der Waals surface area contributed by atoms with Crippen molar-refractivity contribution in [3.63, 3.8) is 0 Å². The molecule has 0 saturated carbocycles. The zero-order valence-corrected chi connectivity index (χ0v) is 24.7. The van der Waals surface area contributed by atoms with Crippen molar-refractivity contribution in [1.29, 1.82) is 0 Å². The lowest BCUT2D eigenvalue weighted by Gasteiger charge is -2.39. The summed E-state index contributed by atoms with van der Waals surface area (Å²) in [6.07, 6.45) is 1.05. The Labute approximate surface area is 245 Å². The molecule has 41 heavy (non-hydrogen) atoms. The Balaban J connectivity index is 1.20. The van der Waals surface area contributed by atoms with Gasteiger partial charge < -0.3 is 9.64 Å². The molecule has 1 aliphatic rings. The van der Waals surface area contributed by atoms with E-state index < -0.39 is 10.0 Å². The van der Waals surface area contributed by atoms with Crippen molar-refractivity contribution in [2.45, 2.75) is 35.9 Å². The maximum atomic E-state index is 13.1. The second kappa shape index (κ2) is 12.9. The lowest BCUT2D eigenvalue weighted by Crippen LogP contribution is -2.55. The molecule has 5 rings (SSSR count). The van der Waals surface area contributed by atoms with Crippen LogP contribution in [0.5, 0.6) is 5.75 Å². The average molecular weight is 592 g/mol. The van der Waals surface area contributed by atoms with Crippen LogP contribution < -0.4 is 4.74 Å². The summed E-state index contributed by atoms with van der Waals surface area (Å²) in [7, 11) is -1.96. The van der Waals surface area contributed by atoms with Crippen LogP contribution in [0.4, 0.5) is 0 Å². The van der Waals surface area contributed by atoms with Gasteiger partial charge in [0.25, 0.3) is 0 Å². The van der Waals surface area contributed by atoms with Crippen LogP contribution in [0.1, 0.15) is 19.8 Å². The molecule has 4 aromatic rings. The molecule has 214 valence electrons. The van der Waals surface area contributed by atoms with Crippen molar-refractivity contribution in [3.05, 3.63) is 84.9 Å². The number of carbonyl (C=O) groups excluding carboxylic acids is 1. The summed E-state index contributed by atoms with van der Waals surface area (Å²) in [6.45, 7) is 2.90. The Morgan fingerprint density at radius 2 is 1.71 bits per heavy atom. The number of thioether (sulfide) groups is 1. The fourth-order valence-electron chi connectivity index (χ4n) is 4.92. The van der Waals surface area contributed by atoms with Gasteiger partial charge in [0, 0.05) is 49.1 Å². The van der Waals surface area contributed by atoms with E-state index in [2.05, 4.69) is 10.2 Å². The highest BCUT2D eigenvalue weighted by Crippen LogP contribution is 2.30. The van der Waals surface area contributed by atoms with Crippen LogP contribution in [0.25, 0.3) is 17.1 Å². The quantitative estimate of drug-likeness (QED) is 0.194. The Kier molecular flexibility index (Phi) is 9.06. The fraction of sp³-hybridized carbons (Fsp3) is 0.300. The number of hydrogen-bond donors (Lipinski definition) is 0. The second-order valence-corrected chi connectivity index (χ2v) is 12.7. The Bertz CT molecular complexity index is 1580. The van der Waals surface area contributed by atoms with E-state index in [9.17, 15) is 13.2 Å². The van der Waals surface area contributed by atoms with Gasteiger partial charge in [-0.1, -0.05) is 60.3 Å². The molecule has 2 heterocycles. The fourth-order valence-corrected chi connectivity index (χ4v) is 7.44. The molecule has 1 fully saturated rings. The minimum atomic E-state index is -3.59. The number of para-hydroxylation sites is 1. The number of aromatic nitrogens is 3. The molecule has 11 heteroatoms. The molecule has 1 saturated heterocycles. The van der Waals surface area contributed by atoms with Crippen molar-refractivity contribution in [1.82, 2.24) is 24.0 Å². The SMILES string of the molecule is COc1cccc(-c2nnc(SCCCC(=O)N3CCN(S(=O)(=O)c4ccccc4)C(C)C3)n2-c2ccccc2)c1. The summed E-state index contributed by atoms with van der Waals surface area (Å²) in [5.41, 5.74) is 1.84. The van der Waals surface area contributed by atoms with Crippen LogP contribution >= 0.6 is 11.8 Å². The van der Waals surface area contributed by atoms with E-state index >= 15 is 0 Å². The van der Waals surface area contributed by atoms with E-state index in [0.717, 1.165) is 22.2 Å². The van der Waals surface area contributed by atoms with Crippen molar-refractivity contribution in [2.75, 3.05) is 32.5 Å². The summed E-state index contributed by atoms with van der Waals surface area (Å²) >= 11 is 1.56. The molecule has 9 nitrogen and oxygen atoms in total. The molecule has 1 aliphatic heterocycles. The third-order valence-electron chi connectivity index (χ3n) is 7.01. The molecule has 0 bridgehead atoms. The maximum absolute atomic E-state index is 13.1. The Hall–Kier alpha value is -3.67. The highest BCUT2D eigenvalue weighted by atomic mass is 32.2. The minimum absolute atomic E-state index is 0.0378. The highest BCUT2D eigenvalue weighted by Gasteiger charge is 2.34. The number of ether oxygens (including phenoxy) is 1. The zero-order valence-electron chi connectivity index (χ0n) is 23.1. The average Bonchev–Trinajstić information content (AvgIpc) is 3.44. The first kappa shape index (κ1) is 28.8. The van der Waals surface area contributed by atoms with E-state index in [4.69, 9.17) is 4.74 Å². The second-order valence-electron chi connectivity index (χ2n) is 9.78. The summed E-state index contributed by atoms with van der Waals surface area (Å²) < 4.78 is 35.1. The first-order valence-electron chi connectivity index (χ1n) is 13.5. The standard InChI is InChI=1S/C30H33N5O4S2/c1-23-22-33(18-19-34(23)41(37,38)27-15-7-4-8-16-27)28(36)17-10-20-40-30-32-31-29(24-11-9-14-26(21-24)39-2)35(30)25-12-5-3-6-13-25/h3-9,11-16,21,23H,10,17-20,22H2,1-2H3. The van der Waals surface area contributed by atoms with Crippen molar-refractivity contribution >= 4 is 27.7 Å². The molecule has 0 aliphatic carbocycles. The van der Waals surface area contributed by atoms with Gasteiger partial charge in [0.05, 0.1) is 12.0 Å². The number of benzene rings is 3. The van der Waals surface area contributed by atoms with Gasteiger partial charge in [0.15, 0.2) is 11.0 Å². The Morgan fingerprint density at radius 3 is 2.41 bits per heavy atom. The molecule has 1 amide bonds. The molecule has 1 atom stereocenters. The molecule has 3 aromatic carbocycles. The first-order chi connectivity index (χ1) is 19.9. The number of carbonyl (C=O) groups is 1. The normalized spacial score (nSPS) is 16.0. The lowest BCUT2D eigenvalue weighted by molar-refractivity contribution is -0.133. The van der Waals surface area contributed by atoms with E-state index in [1.807, 2.05) is 66.1 Å². The number of sulfonamides is 1. The van der Waals surface area contributed by atoms with Gasteiger partial charge in [-0.05, 0) is 49.7 Å². The van der Waals surface area contributed by atoms with Crippen LogP contribution in [-0.2, 0) is 14.8 Å². The van der Waals surface area contributed by atoms with Gasteiger partial charge in [-0.25, -0.2) is 8.42 Å². The summed E-state index contributed by atoms with van der Waals surface area (Å²) in [5, 5.41) is 9.71. The largest absolute Gasteiger partial charge is 0.497 e. The van der Waals surface area contributed by atoms with Crippen LogP contribution in [0.15, 0.2) is 95.0 Å². The number of methoxy groups -OCH3 is 1. The summed E-state index contributed by atoms with van der Waals surface area (Å²) in [6, 6.07) is 25.8. The molecular formula is C30H33N5O4S2. The van der Waals surface area contributed by atoms with Crippen molar-refractivity contribution in [2.24, 2.45) is 0 Å². The van der Waals surface area contributed by atoms with Crippen molar-refractivity contribution in [3.8, 4) is 22.8 Å². The van der Waals surface area contributed by atoms with E-state index in [1.54, 1.807) is 54.1 Å². The van der Waals surface area contributed by atoms with Crippen LogP contribution in [0.3, 0.4) is 0 Å². The predicted octanol–water partition coefficient (Wildman–Crippen LogP) is 4.74. The van der Waals surface area contributed by atoms with Crippen LogP contribution in [0.2, 0.25) is 0 Å². The van der Waals surface area contributed by atoms with Crippen LogP contribution in [-0.4, -0.2) is 76.8 Å². The van der Waals surface area contributed by atoms with Crippen LogP contribution in [0, 0.1) is 0 Å². The first-order valence-corrected chi connectivity index (χ1v) is 15.9. The van der Waals surface area contributed by atoms with E-state index in [1.165, 1.54) is 4.31 Å². The number of piperazine rings is 1. The molecule has 0 N–H and O–H groups in total. The van der Waals surface area contributed by atoms with Gasteiger partial charge in [-0.3, -0.25) is 9.36 Å². The maximum Gasteiger partial charge on any atom is 0.243 e. The highest BCUT2D eigenvalue weighted by molar-refractivity contribution is 7.99. The summed E-state index contributed by atoms with van der Waals surface area (Å²) in [4.78, 5) is 15.1. The van der Waals surface area contributed by atoms with Gasteiger partial charge in [-0.15, -0.1) is 10.2 Å². The molecule has 0 spiro atoms. The van der Waals surface area contributed by atoms with Crippen molar-refractivity contribution < 1.29 is 17.9 Å². The number of hydrogen-bond acceptors (Lipinski definition) is 7. The monoisotopic (exact) mass is 591 g/mol. The van der Waals surface area contributed by atoms with Gasteiger partial charge in [0.2, 0.25) is 15.9 Å². The minimum Gasteiger partial charge on any atom is -0.497 e. The third kappa shape index (κ3) is 6.47. The van der Waals surface area contributed by atoms with Gasteiger partial charge in [0.1, 0.15) is 5.75 Å². The number of rotatable bonds is 10. The van der Waals surface area contributed by atoms with E-state index in [-0.39, 0.29) is 23.4 Å². The number of nitrogens with zero attached hydrogens (tertiary/aromatic N) is 5. The topological polar surface area (TPSA) is 97.6 Å². The zero-order chi connectivity index (χ0) is 28.8. The summed E-state index contributed by atoms with van der Waals surface area (Å²) in [5.74, 6) is 2.18. The van der Waals surface area contributed by atoms with Gasteiger partial charge in [-0.2, -0.15) is 4.31 Å². The van der Waals surface area contributed by atoms with E-state index in [0.29, 0.717) is 37.5 Å². The molecular weight excluding hydrogens is 558 g/mol. The molecule has 0 radical (unpaired) electrons. The Morgan fingerprint density at radius 1 is 0.976 bits per heavy atom.